The monoisotopic (exact) mass is 402 g/mol. The quantitative estimate of drug-likeness (QED) is 0.742. The van der Waals surface area contributed by atoms with E-state index in [0.29, 0.717) is 36.2 Å². The molecule has 2 aromatic carbocycles. The molecule has 1 amide bonds. The number of ether oxygens (including phenoxy) is 1. The lowest BCUT2D eigenvalue weighted by Gasteiger charge is -2.33. The fraction of sp³-hybridized carbons (Fsp3) is 0.381. The summed E-state index contributed by atoms with van der Waals surface area (Å²) in [5, 5.41) is 0. The summed E-state index contributed by atoms with van der Waals surface area (Å²) in [7, 11) is -3.59. The molecule has 28 heavy (non-hydrogen) atoms. The number of benzene rings is 2. The molecule has 0 bridgehead atoms. The minimum atomic E-state index is -3.59. The number of likely N-dealkylation sites (tertiary alicyclic amines) is 1. The summed E-state index contributed by atoms with van der Waals surface area (Å²) >= 11 is 0. The van der Waals surface area contributed by atoms with E-state index in [4.69, 9.17) is 4.74 Å². The van der Waals surface area contributed by atoms with Crippen LogP contribution in [0.3, 0.4) is 0 Å². The van der Waals surface area contributed by atoms with Gasteiger partial charge in [0.15, 0.2) is 0 Å². The summed E-state index contributed by atoms with van der Waals surface area (Å²) < 4.78 is 31.5. The van der Waals surface area contributed by atoms with E-state index in [0.717, 1.165) is 23.4 Å². The lowest BCUT2D eigenvalue weighted by atomic mass is 10.0. The van der Waals surface area contributed by atoms with Gasteiger partial charge in [0, 0.05) is 13.1 Å². The molecule has 0 aromatic heterocycles. The first kappa shape index (κ1) is 20.2. The maximum Gasteiger partial charge on any atom is 0.243 e. The molecular formula is C21H26N2O4S. The van der Waals surface area contributed by atoms with Crippen LogP contribution in [-0.4, -0.2) is 45.1 Å². The Kier molecular flexibility index (Phi) is 6.24. The van der Waals surface area contributed by atoms with E-state index in [2.05, 4.69) is 6.92 Å². The van der Waals surface area contributed by atoms with Gasteiger partial charge < -0.3 is 9.64 Å². The van der Waals surface area contributed by atoms with Gasteiger partial charge in [-0.3, -0.25) is 9.10 Å². The molecule has 6 nitrogen and oxygen atoms in total. The average molecular weight is 403 g/mol. The third-order valence-electron chi connectivity index (χ3n) is 4.79. The molecule has 150 valence electrons. The van der Waals surface area contributed by atoms with Gasteiger partial charge in [0.1, 0.15) is 18.0 Å². The highest BCUT2D eigenvalue weighted by Crippen LogP contribution is 2.26. The molecule has 1 aliphatic rings. The zero-order valence-electron chi connectivity index (χ0n) is 16.2. The Morgan fingerprint density at radius 3 is 2.36 bits per heavy atom. The van der Waals surface area contributed by atoms with Gasteiger partial charge in [0.25, 0.3) is 0 Å². The third kappa shape index (κ3) is 5.25. The van der Waals surface area contributed by atoms with Crippen molar-refractivity contribution in [1.82, 2.24) is 4.90 Å². The van der Waals surface area contributed by atoms with Gasteiger partial charge in [-0.25, -0.2) is 8.42 Å². The van der Waals surface area contributed by atoms with Crippen LogP contribution >= 0.6 is 0 Å². The van der Waals surface area contributed by atoms with Crippen molar-refractivity contribution in [3.63, 3.8) is 0 Å². The van der Waals surface area contributed by atoms with Crippen LogP contribution in [0.25, 0.3) is 0 Å². The van der Waals surface area contributed by atoms with Crippen LogP contribution in [0.15, 0.2) is 54.6 Å². The summed E-state index contributed by atoms with van der Waals surface area (Å²) in [5.41, 5.74) is 0.446. The highest BCUT2D eigenvalue weighted by atomic mass is 32.2. The molecule has 7 heteroatoms. The second-order valence-electron chi connectivity index (χ2n) is 7.27. The van der Waals surface area contributed by atoms with Crippen LogP contribution in [0.1, 0.15) is 19.8 Å². The first-order chi connectivity index (χ1) is 13.3. The number of piperidine rings is 1. The van der Waals surface area contributed by atoms with Crippen molar-refractivity contribution < 1.29 is 17.9 Å². The Morgan fingerprint density at radius 1 is 1.11 bits per heavy atom. The van der Waals surface area contributed by atoms with Crippen LogP contribution in [0.4, 0.5) is 5.69 Å². The number of carbonyl (C=O) groups excluding carboxylic acids is 1. The van der Waals surface area contributed by atoms with E-state index in [1.165, 1.54) is 0 Å². The largest absolute Gasteiger partial charge is 0.457 e. The van der Waals surface area contributed by atoms with Crippen LogP contribution < -0.4 is 9.04 Å². The van der Waals surface area contributed by atoms with Crippen molar-refractivity contribution in [2.24, 2.45) is 5.92 Å². The van der Waals surface area contributed by atoms with Gasteiger partial charge in [-0.05, 0) is 55.2 Å². The number of rotatable bonds is 6. The van der Waals surface area contributed by atoms with Crippen molar-refractivity contribution in [1.29, 1.82) is 0 Å². The molecule has 0 radical (unpaired) electrons. The minimum absolute atomic E-state index is 0.165. The maximum absolute atomic E-state index is 12.7. The first-order valence-electron chi connectivity index (χ1n) is 9.41. The van der Waals surface area contributed by atoms with Gasteiger partial charge in [0.05, 0.1) is 11.9 Å². The van der Waals surface area contributed by atoms with Gasteiger partial charge in [-0.2, -0.15) is 0 Å². The van der Waals surface area contributed by atoms with Crippen LogP contribution in [0.5, 0.6) is 11.5 Å². The van der Waals surface area contributed by atoms with Crippen molar-refractivity contribution >= 4 is 21.6 Å². The van der Waals surface area contributed by atoms with Crippen molar-refractivity contribution in [2.45, 2.75) is 19.8 Å². The highest BCUT2D eigenvalue weighted by molar-refractivity contribution is 7.92. The second kappa shape index (κ2) is 8.65. The Morgan fingerprint density at radius 2 is 1.75 bits per heavy atom. The van der Waals surface area contributed by atoms with Crippen molar-refractivity contribution in [3.8, 4) is 11.5 Å². The number of amides is 1. The fourth-order valence-electron chi connectivity index (χ4n) is 3.34. The number of carbonyl (C=O) groups is 1. The fourth-order valence-corrected chi connectivity index (χ4v) is 4.19. The predicted octanol–water partition coefficient (Wildman–Crippen LogP) is 3.50. The molecule has 1 fully saturated rings. The first-order valence-corrected chi connectivity index (χ1v) is 11.3. The number of hydrogen-bond donors (Lipinski definition) is 0. The maximum atomic E-state index is 12.7. The molecule has 2 aromatic rings. The summed E-state index contributed by atoms with van der Waals surface area (Å²) in [4.78, 5) is 14.4. The molecule has 0 saturated carbocycles. The van der Waals surface area contributed by atoms with E-state index in [1.807, 2.05) is 30.3 Å². The molecular weight excluding hydrogens is 376 g/mol. The number of anilines is 1. The molecule has 0 N–H and O–H groups in total. The zero-order valence-corrected chi connectivity index (χ0v) is 17.1. The van der Waals surface area contributed by atoms with E-state index in [9.17, 15) is 13.2 Å². The Labute approximate surface area is 166 Å². The molecule has 3 rings (SSSR count). The third-order valence-corrected chi connectivity index (χ3v) is 5.93. The highest BCUT2D eigenvalue weighted by Gasteiger charge is 2.26. The van der Waals surface area contributed by atoms with Crippen LogP contribution in [0.2, 0.25) is 0 Å². The zero-order chi connectivity index (χ0) is 20.1. The molecule has 1 atom stereocenters. The van der Waals surface area contributed by atoms with E-state index < -0.39 is 10.0 Å². The molecule has 1 heterocycles. The van der Waals surface area contributed by atoms with Crippen LogP contribution in [-0.2, 0) is 14.8 Å². The Balaban J connectivity index is 1.73. The van der Waals surface area contributed by atoms with Crippen molar-refractivity contribution in [2.75, 3.05) is 30.2 Å². The predicted molar refractivity (Wildman–Crippen MR) is 110 cm³/mol. The van der Waals surface area contributed by atoms with Gasteiger partial charge >= 0.3 is 0 Å². The molecule has 0 aliphatic carbocycles. The van der Waals surface area contributed by atoms with Gasteiger partial charge in [-0.15, -0.1) is 0 Å². The SMILES string of the molecule is CC1CCCN(C(=O)CN(c2ccc(Oc3ccccc3)cc2)S(C)(=O)=O)C1. The number of hydrogen-bond acceptors (Lipinski definition) is 4. The van der Waals surface area contributed by atoms with E-state index in [1.54, 1.807) is 29.2 Å². The standard InChI is InChI=1S/C21H26N2O4S/c1-17-7-6-14-22(15-17)21(24)16-23(28(2,25)26)18-10-12-20(13-11-18)27-19-8-4-3-5-9-19/h3-5,8-13,17H,6-7,14-16H2,1-2H3. The second-order valence-corrected chi connectivity index (χ2v) is 9.17. The summed E-state index contributed by atoms with van der Waals surface area (Å²) in [6.45, 7) is 3.29. The number of nitrogens with zero attached hydrogens (tertiary/aromatic N) is 2. The minimum Gasteiger partial charge on any atom is -0.457 e. The van der Waals surface area contributed by atoms with Crippen molar-refractivity contribution in [3.05, 3.63) is 54.6 Å². The lowest BCUT2D eigenvalue weighted by Crippen LogP contribution is -2.46. The molecule has 0 spiro atoms. The van der Waals surface area contributed by atoms with Gasteiger partial charge in [-0.1, -0.05) is 25.1 Å². The smallest absolute Gasteiger partial charge is 0.243 e. The summed E-state index contributed by atoms with van der Waals surface area (Å²) in [6, 6.07) is 16.1. The van der Waals surface area contributed by atoms with E-state index >= 15 is 0 Å². The Hall–Kier alpha value is -2.54. The Bertz CT molecular complexity index is 898. The van der Waals surface area contributed by atoms with E-state index in [-0.39, 0.29) is 12.5 Å². The molecule has 1 aliphatic heterocycles. The normalized spacial score (nSPS) is 17.2. The number of para-hydroxylation sites is 1. The average Bonchev–Trinajstić information content (AvgIpc) is 2.67. The molecule has 1 unspecified atom stereocenters. The van der Waals surface area contributed by atoms with Gasteiger partial charge in [0.2, 0.25) is 15.9 Å². The lowest BCUT2D eigenvalue weighted by molar-refractivity contribution is -0.131. The topological polar surface area (TPSA) is 66.9 Å². The molecule has 1 saturated heterocycles. The van der Waals surface area contributed by atoms with Crippen LogP contribution in [0, 0.1) is 5.92 Å². The summed E-state index contributed by atoms with van der Waals surface area (Å²) in [5.74, 6) is 1.57. The number of sulfonamides is 1. The summed E-state index contributed by atoms with van der Waals surface area (Å²) in [6.07, 6.45) is 3.17.